The number of amides is 1. The summed E-state index contributed by atoms with van der Waals surface area (Å²) >= 11 is 0. The number of piperidine rings is 1. The minimum atomic E-state index is -3.79. The van der Waals surface area contributed by atoms with Crippen LogP contribution in [0, 0.1) is 0 Å². The summed E-state index contributed by atoms with van der Waals surface area (Å²) < 4.78 is 31.0. The van der Waals surface area contributed by atoms with Crippen LogP contribution in [0.3, 0.4) is 0 Å². The number of nitrogens with one attached hydrogen (secondary N) is 3. The van der Waals surface area contributed by atoms with Crippen molar-refractivity contribution in [2.24, 2.45) is 0 Å². The Bertz CT molecular complexity index is 310. The highest BCUT2D eigenvalue weighted by molar-refractivity contribution is 7.88. The van der Waals surface area contributed by atoms with Gasteiger partial charge in [0, 0.05) is 6.04 Å². The molecule has 1 aliphatic heterocycles. The topological polar surface area (TPSA) is 96.5 Å². The third-order valence-corrected chi connectivity index (χ3v) is 3.14. The molecule has 88 valence electrons. The molecule has 0 bridgehead atoms. The molecular weight excluding hydrogens is 222 g/mol. The predicted molar refractivity (Wildman–Crippen MR) is 53.5 cm³/mol. The molecule has 0 aromatic rings. The van der Waals surface area contributed by atoms with Crippen molar-refractivity contribution in [3.05, 3.63) is 0 Å². The van der Waals surface area contributed by atoms with Crippen molar-refractivity contribution >= 4 is 16.3 Å². The zero-order valence-corrected chi connectivity index (χ0v) is 9.26. The summed E-state index contributed by atoms with van der Waals surface area (Å²) in [7, 11) is -2.69. The minimum Gasteiger partial charge on any atom is -0.452 e. The highest BCUT2D eigenvalue weighted by atomic mass is 32.2. The van der Waals surface area contributed by atoms with E-state index >= 15 is 0 Å². The van der Waals surface area contributed by atoms with Gasteiger partial charge < -0.3 is 10.1 Å². The zero-order chi connectivity index (χ0) is 11.3. The fraction of sp³-hybridized carbons (Fsp3) is 0.857. The predicted octanol–water partition coefficient (Wildman–Crippen LogP) is -1.07. The van der Waals surface area contributed by atoms with E-state index in [0.717, 1.165) is 20.2 Å². The summed E-state index contributed by atoms with van der Waals surface area (Å²) in [6.45, 7) is 1.54. The fourth-order valence-corrected chi connectivity index (χ4v) is 2.38. The smallest absolute Gasteiger partial charge is 0.421 e. The second kappa shape index (κ2) is 5.29. The molecule has 0 unspecified atom stereocenters. The van der Waals surface area contributed by atoms with E-state index in [2.05, 4.69) is 14.8 Å². The van der Waals surface area contributed by atoms with Crippen molar-refractivity contribution in [2.75, 3.05) is 20.2 Å². The third-order valence-electron chi connectivity index (χ3n) is 2.06. The Morgan fingerprint density at radius 3 is 2.53 bits per heavy atom. The lowest BCUT2D eigenvalue weighted by molar-refractivity contribution is 0.177. The molecule has 1 heterocycles. The Kier molecular flexibility index (Phi) is 4.30. The number of hydrogen-bond donors (Lipinski definition) is 3. The molecule has 3 N–H and O–H groups in total. The average molecular weight is 237 g/mol. The minimum absolute atomic E-state index is 0.131. The molecule has 0 atom stereocenters. The van der Waals surface area contributed by atoms with Crippen LogP contribution in [0.15, 0.2) is 0 Å². The van der Waals surface area contributed by atoms with Gasteiger partial charge in [0.2, 0.25) is 0 Å². The van der Waals surface area contributed by atoms with Crippen molar-refractivity contribution in [3.8, 4) is 0 Å². The normalized spacial score (nSPS) is 18.5. The van der Waals surface area contributed by atoms with Gasteiger partial charge in [-0.15, -0.1) is 0 Å². The zero-order valence-electron chi connectivity index (χ0n) is 8.45. The molecule has 0 aromatic heterocycles. The summed E-state index contributed by atoms with van der Waals surface area (Å²) in [5.74, 6) is 0. The first-order chi connectivity index (χ1) is 7.03. The van der Waals surface area contributed by atoms with Gasteiger partial charge in [0.1, 0.15) is 0 Å². The van der Waals surface area contributed by atoms with Crippen molar-refractivity contribution in [1.29, 1.82) is 0 Å². The molecular formula is C7H15N3O4S. The first-order valence-electron chi connectivity index (χ1n) is 4.62. The first kappa shape index (κ1) is 12.2. The van der Waals surface area contributed by atoms with Crippen LogP contribution in [0.2, 0.25) is 0 Å². The number of ether oxygens (including phenoxy) is 1. The Labute approximate surface area is 88.7 Å². The Hall–Kier alpha value is -0.860. The maximum atomic E-state index is 11.3. The van der Waals surface area contributed by atoms with Crippen molar-refractivity contribution < 1.29 is 17.9 Å². The van der Waals surface area contributed by atoms with Crippen LogP contribution in [-0.2, 0) is 14.9 Å². The van der Waals surface area contributed by atoms with Crippen molar-refractivity contribution in [2.45, 2.75) is 18.9 Å². The van der Waals surface area contributed by atoms with Gasteiger partial charge in [-0.05, 0) is 25.9 Å². The average Bonchev–Trinajstić information content (AvgIpc) is 2.17. The summed E-state index contributed by atoms with van der Waals surface area (Å²) in [5, 5.41) is 3.11. The lowest BCUT2D eigenvalue weighted by Crippen LogP contribution is -2.48. The van der Waals surface area contributed by atoms with E-state index < -0.39 is 16.3 Å². The molecule has 0 aromatic carbocycles. The van der Waals surface area contributed by atoms with E-state index in [0.29, 0.717) is 12.8 Å². The molecule has 1 fully saturated rings. The van der Waals surface area contributed by atoms with Crippen molar-refractivity contribution in [1.82, 2.24) is 14.8 Å². The number of methoxy groups -OCH3 is 1. The van der Waals surface area contributed by atoms with Crippen molar-refractivity contribution in [3.63, 3.8) is 0 Å². The van der Waals surface area contributed by atoms with Gasteiger partial charge in [0.25, 0.3) is 0 Å². The van der Waals surface area contributed by atoms with E-state index in [4.69, 9.17) is 0 Å². The van der Waals surface area contributed by atoms with Crippen LogP contribution in [0.4, 0.5) is 4.79 Å². The summed E-state index contributed by atoms with van der Waals surface area (Å²) in [5.41, 5.74) is 0. The van der Waals surface area contributed by atoms with Gasteiger partial charge in [-0.2, -0.15) is 13.1 Å². The summed E-state index contributed by atoms with van der Waals surface area (Å²) in [6, 6.07) is -0.131. The highest BCUT2D eigenvalue weighted by Gasteiger charge is 2.21. The second-order valence-electron chi connectivity index (χ2n) is 3.24. The SMILES string of the molecule is COC(=O)NS(=O)(=O)NC1CCNCC1. The first-order valence-corrected chi connectivity index (χ1v) is 6.10. The van der Waals surface area contributed by atoms with Crippen LogP contribution >= 0.6 is 0 Å². The van der Waals surface area contributed by atoms with Gasteiger partial charge in [-0.3, -0.25) is 0 Å². The lowest BCUT2D eigenvalue weighted by Gasteiger charge is -2.23. The maximum Gasteiger partial charge on any atom is 0.421 e. The highest BCUT2D eigenvalue weighted by Crippen LogP contribution is 2.02. The molecule has 0 aliphatic carbocycles. The molecule has 0 saturated carbocycles. The number of hydrogen-bond acceptors (Lipinski definition) is 5. The Morgan fingerprint density at radius 1 is 1.40 bits per heavy atom. The fourth-order valence-electron chi connectivity index (χ4n) is 1.34. The number of carbonyl (C=O) groups excluding carboxylic acids is 1. The van der Waals surface area contributed by atoms with Crippen LogP contribution in [0.1, 0.15) is 12.8 Å². The summed E-state index contributed by atoms with van der Waals surface area (Å²) in [4.78, 5) is 10.7. The van der Waals surface area contributed by atoms with Gasteiger partial charge in [0.15, 0.2) is 0 Å². The van der Waals surface area contributed by atoms with Crippen LogP contribution < -0.4 is 14.8 Å². The van der Waals surface area contributed by atoms with Gasteiger partial charge in [-0.25, -0.2) is 9.52 Å². The number of rotatable bonds is 3. The molecule has 1 saturated heterocycles. The summed E-state index contributed by atoms with van der Waals surface area (Å²) in [6.07, 6.45) is 0.431. The molecule has 0 radical (unpaired) electrons. The monoisotopic (exact) mass is 237 g/mol. The van der Waals surface area contributed by atoms with Gasteiger partial charge >= 0.3 is 16.3 Å². The molecule has 8 heteroatoms. The molecule has 15 heavy (non-hydrogen) atoms. The van der Waals surface area contributed by atoms with Crippen LogP contribution in [0.25, 0.3) is 0 Å². The van der Waals surface area contributed by atoms with E-state index in [1.54, 1.807) is 4.72 Å². The lowest BCUT2D eigenvalue weighted by atomic mass is 10.1. The Balaban J connectivity index is 2.44. The van der Waals surface area contributed by atoms with Gasteiger partial charge in [-0.1, -0.05) is 0 Å². The number of carbonyl (C=O) groups is 1. The molecule has 7 nitrogen and oxygen atoms in total. The van der Waals surface area contributed by atoms with Crippen LogP contribution in [-0.4, -0.2) is 40.8 Å². The standard InChI is InChI=1S/C7H15N3O4S/c1-14-7(11)10-15(12,13)9-6-2-4-8-5-3-6/h6,8-9H,2-5H2,1H3,(H,10,11). The molecule has 1 aliphatic rings. The van der Waals surface area contributed by atoms with E-state index in [1.165, 1.54) is 0 Å². The van der Waals surface area contributed by atoms with E-state index in [-0.39, 0.29) is 6.04 Å². The molecule has 1 rings (SSSR count). The van der Waals surface area contributed by atoms with Gasteiger partial charge in [0.05, 0.1) is 7.11 Å². The van der Waals surface area contributed by atoms with E-state index in [9.17, 15) is 13.2 Å². The maximum absolute atomic E-state index is 11.3. The molecule has 0 spiro atoms. The third kappa shape index (κ3) is 4.45. The molecule has 1 amide bonds. The largest absolute Gasteiger partial charge is 0.452 e. The second-order valence-corrected chi connectivity index (χ2v) is 4.69. The Morgan fingerprint density at radius 2 is 2.00 bits per heavy atom. The van der Waals surface area contributed by atoms with E-state index in [1.807, 2.05) is 0 Å². The quantitative estimate of drug-likeness (QED) is 0.580. The van der Waals surface area contributed by atoms with Crippen LogP contribution in [0.5, 0.6) is 0 Å².